The molecule has 2 heterocycles. The van der Waals surface area contributed by atoms with E-state index in [4.69, 9.17) is 18.9 Å². The van der Waals surface area contributed by atoms with Crippen LogP contribution in [0.25, 0.3) is 11.1 Å². The molecule has 0 saturated carbocycles. The number of ether oxygens (including phenoxy) is 4. The fourth-order valence-corrected chi connectivity index (χ4v) is 5.87. The number of rotatable bonds is 6. The SMILES string of the molecule is COc1cc(NC(=O)c2ccc(C3=CCN(C=NC(=O)OC(C)(C)C)CC3)cc2C)ccc1C1=CCN(C(=NC(=O)OC(C)(C)C)NC(=O)OC(C)(C)C)CC1. The average molecular weight is 773 g/mol. The van der Waals surface area contributed by atoms with E-state index in [0.29, 0.717) is 49.6 Å². The summed E-state index contributed by atoms with van der Waals surface area (Å²) in [5, 5.41) is 5.62. The minimum atomic E-state index is -0.831. The quantitative estimate of drug-likeness (QED) is 0.166. The van der Waals surface area contributed by atoms with Crippen LogP contribution in [0.5, 0.6) is 5.75 Å². The standard InChI is InChI=1S/C42H56N6O8/c1-27-24-30(28-16-20-47(21-17-28)26-43-37(50)54-40(2,3)4)12-14-32(27)35(49)44-31-13-15-33(34(25-31)53-11)29-18-22-48(23-19-29)36(45-38(51)55-41(5,6)7)46-39(52)56-42(8,9)10/h12-16,18,24-26H,17,19-23H2,1-11H3,(H,44,49)(H,45,46,51,52). The van der Waals surface area contributed by atoms with Gasteiger partial charge >= 0.3 is 18.3 Å². The third-order valence-corrected chi connectivity index (χ3v) is 8.32. The first-order valence-electron chi connectivity index (χ1n) is 18.7. The molecule has 2 aromatic rings. The smallest absolute Gasteiger partial charge is 0.437 e. The molecule has 14 nitrogen and oxygen atoms in total. The number of guanidine groups is 1. The van der Waals surface area contributed by atoms with Gasteiger partial charge in [0.25, 0.3) is 5.91 Å². The lowest BCUT2D eigenvalue weighted by Gasteiger charge is -2.30. The zero-order chi connectivity index (χ0) is 41.4. The number of carbonyl (C=O) groups excluding carboxylic acids is 4. The molecular formula is C42H56N6O8. The second kappa shape index (κ2) is 17.9. The van der Waals surface area contributed by atoms with Crippen LogP contribution >= 0.6 is 0 Å². The van der Waals surface area contributed by atoms with Crippen molar-refractivity contribution in [3.63, 3.8) is 0 Å². The fourth-order valence-electron chi connectivity index (χ4n) is 5.87. The van der Waals surface area contributed by atoms with Gasteiger partial charge in [-0.3, -0.25) is 10.1 Å². The minimum Gasteiger partial charge on any atom is -0.496 e. The van der Waals surface area contributed by atoms with Gasteiger partial charge in [-0.2, -0.15) is 4.99 Å². The van der Waals surface area contributed by atoms with Crippen LogP contribution in [0.15, 0.2) is 58.5 Å². The van der Waals surface area contributed by atoms with Crippen molar-refractivity contribution in [3.05, 3.63) is 70.8 Å². The fraction of sp³-hybridized carbons (Fsp3) is 0.476. The molecule has 4 amide bonds. The summed E-state index contributed by atoms with van der Waals surface area (Å²) in [4.78, 5) is 62.3. The van der Waals surface area contributed by atoms with Crippen molar-refractivity contribution in [1.29, 1.82) is 0 Å². The highest BCUT2D eigenvalue weighted by atomic mass is 16.6. The molecule has 2 aromatic carbocycles. The number of benzene rings is 2. The van der Waals surface area contributed by atoms with E-state index in [1.165, 1.54) is 6.34 Å². The van der Waals surface area contributed by atoms with Gasteiger partial charge in [-0.25, -0.2) is 14.4 Å². The van der Waals surface area contributed by atoms with Crippen molar-refractivity contribution in [2.24, 2.45) is 9.98 Å². The Morgan fingerprint density at radius 3 is 1.98 bits per heavy atom. The number of nitrogens with zero attached hydrogens (tertiary/aromatic N) is 4. The van der Waals surface area contributed by atoms with Gasteiger partial charge in [0, 0.05) is 49.1 Å². The van der Waals surface area contributed by atoms with E-state index in [9.17, 15) is 19.2 Å². The number of amides is 4. The first-order chi connectivity index (χ1) is 26.1. The van der Waals surface area contributed by atoms with Crippen LogP contribution in [0, 0.1) is 6.92 Å². The predicted molar refractivity (Wildman–Crippen MR) is 218 cm³/mol. The van der Waals surface area contributed by atoms with Crippen LogP contribution in [0.4, 0.5) is 20.1 Å². The highest BCUT2D eigenvalue weighted by molar-refractivity contribution is 6.05. The third kappa shape index (κ3) is 13.3. The molecule has 2 N–H and O–H groups in total. The van der Waals surface area contributed by atoms with Crippen LogP contribution in [-0.2, 0) is 14.2 Å². The average Bonchev–Trinajstić information content (AvgIpc) is 3.08. The Morgan fingerprint density at radius 1 is 0.768 bits per heavy atom. The third-order valence-electron chi connectivity index (χ3n) is 8.32. The summed E-state index contributed by atoms with van der Waals surface area (Å²) in [5.41, 5.74) is 3.91. The highest BCUT2D eigenvalue weighted by Gasteiger charge is 2.26. The lowest BCUT2D eigenvalue weighted by Crippen LogP contribution is -2.48. The molecular weight excluding hydrogens is 716 g/mol. The number of anilines is 1. The van der Waals surface area contributed by atoms with Gasteiger partial charge in [0.2, 0.25) is 5.96 Å². The van der Waals surface area contributed by atoms with Crippen LogP contribution in [0.3, 0.4) is 0 Å². The lowest BCUT2D eigenvalue weighted by atomic mass is 9.95. The summed E-state index contributed by atoms with van der Waals surface area (Å²) in [6.07, 6.45) is 4.72. The first kappa shape index (κ1) is 43.1. The van der Waals surface area contributed by atoms with Crippen LogP contribution in [0.2, 0.25) is 0 Å². The van der Waals surface area contributed by atoms with Gasteiger partial charge in [0.1, 0.15) is 22.6 Å². The predicted octanol–water partition coefficient (Wildman–Crippen LogP) is 8.21. The van der Waals surface area contributed by atoms with Gasteiger partial charge in [-0.05, 0) is 123 Å². The second-order valence-electron chi connectivity index (χ2n) is 16.6. The molecule has 2 aliphatic heterocycles. The van der Waals surface area contributed by atoms with E-state index >= 15 is 0 Å². The number of nitrogens with one attached hydrogen (secondary N) is 2. The molecule has 14 heteroatoms. The number of aliphatic imine (C=N–C) groups is 2. The van der Waals surface area contributed by atoms with Gasteiger partial charge in [-0.15, -0.1) is 4.99 Å². The number of methoxy groups -OCH3 is 1. The van der Waals surface area contributed by atoms with E-state index in [2.05, 4.69) is 26.7 Å². The highest BCUT2D eigenvalue weighted by Crippen LogP contribution is 2.33. The van der Waals surface area contributed by atoms with Crippen LogP contribution in [0.1, 0.15) is 102 Å². The Hall–Kier alpha value is -5.66. The second-order valence-corrected chi connectivity index (χ2v) is 16.6. The zero-order valence-corrected chi connectivity index (χ0v) is 34.5. The van der Waals surface area contributed by atoms with Gasteiger partial charge in [0.15, 0.2) is 0 Å². The molecule has 0 unspecified atom stereocenters. The van der Waals surface area contributed by atoms with Crippen molar-refractivity contribution in [1.82, 2.24) is 15.1 Å². The maximum Gasteiger partial charge on any atom is 0.437 e. The zero-order valence-electron chi connectivity index (χ0n) is 34.5. The Kier molecular flexibility index (Phi) is 13.7. The minimum absolute atomic E-state index is 0.0291. The molecule has 0 bridgehead atoms. The van der Waals surface area contributed by atoms with Crippen molar-refractivity contribution in [3.8, 4) is 5.75 Å². The topological polar surface area (TPSA) is 160 Å². The summed E-state index contributed by atoms with van der Waals surface area (Å²) in [6.45, 7) is 19.8. The Bertz CT molecular complexity index is 1930. The summed E-state index contributed by atoms with van der Waals surface area (Å²) in [7, 11) is 1.58. The first-order valence-corrected chi connectivity index (χ1v) is 18.7. The number of alkyl carbamates (subject to hydrolysis) is 1. The molecule has 0 aliphatic carbocycles. The summed E-state index contributed by atoms with van der Waals surface area (Å²) < 4.78 is 21.8. The molecule has 0 fully saturated rings. The van der Waals surface area contributed by atoms with E-state index < -0.39 is 35.1 Å². The monoisotopic (exact) mass is 772 g/mol. The Labute approximate surface area is 330 Å². The van der Waals surface area contributed by atoms with Crippen LogP contribution < -0.4 is 15.4 Å². The van der Waals surface area contributed by atoms with Crippen LogP contribution in [-0.4, -0.2) is 96.4 Å². The summed E-state index contributed by atoms with van der Waals surface area (Å²) in [6, 6.07) is 11.3. The number of aryl methyl sites for hydroxylation is 1. The van der Waals surface area contributed by atoms with Crippen molar-refractivity contribution < 1.29 is 38.1 Å². The van der Waals surface area contributed by atoms with Gasteiger partial charge < -0.3 is 34.1 Å². The van der Waals surface area contributed by atoms with E-state index in [0.717, 1.165) is 34.3 Å². The number of hydrogen-bond donors (Lipinski definition) is 2. The molecule has 0 saturated heterocycles. The Morgan fingerprint density at radius 2 is 1.41 bits per heavy atom. The molecule has 56 heavy (non-hydrogen) atoms. The normalized spacial score (nSPS) is 15.4. The van der Waals surface area contributed by atoms with E-state index in [-0.39, 0.29) is 11.9 Å². The number of carbonyl (C=O) groups is 4. The summed E-state index contributed by atoms with van der Waals surface area (Å²) in [5.74, 6) is 0.368. The number of hydrogen-bond acceptors (Lipinski definition) is 8. The van der Waals surface area contributed by atoms with Crippen molar-refractivity contribution in [2.75, 3.05) is 38.6 Å². The molecule has 0 atom stereocenters. The van der Waals surface area contributed by atoms with E-state index in [1.54, 1.807) is 80.4 Å². The molecule has 302 valence electrons. The maximum absolute atomic E-state index is 13.4. The maximum atomic E-state index is 13.4. The molecule has 2 aliphatic rings. The molecule has 0 spiro atoms. The van der Waals surface area contributed by atoms with E-state index in [1.807, 2.05) is 48.2 Å². The van der Waals surface area contributed by atoms with Crippen molar-refractivity contribution >= 4 is 53.3 Å². The molecule has 0 radical (unpaired) electrons. The molecule has 0 aromatic heterocycles. The molecule has 4 rings (SSSR count). The van der Waals surface area contributed by atoms with Crippen molar-refractivity contribution in [2.45, 2.75) is 98.9 Å². The van der Waals surface area contributed by atoms with Gasteiger partial charge in [0.05, 0.1) is 13.4 Å². The largest absolute Gasteiger partial charge is 0.496 e. The van der Waals surface area contributed by atoms with Gasteiger partial charge in [-0.1, -0.05) is 24.3 Å². The summed E-state index contributed by atoms with van der Waals surface area (Å²) >= 11 is 0. The lowest BCUT2D eigenvalue weighted by molar-refractivity contribution is 0.0551. The Balaban J connectivity index is 1.42.